The molecule has 2 nitrogen and oxygen atoms in total. The highest BCUT2D eigenvalue weighted by Gasteiger charge is 2.43. The SMILES string of the molecule is N[C@H](c1ccc(OC(F)(F)C(F)F)cc1)C1CCC1. The van der Waals surface area contributed by atoms with Crippen LogP contribution in [0.25, 0.3) is 0 Å². The van der Waals surface area contributed by atoms with Crippen LogP contribution in [0.1, 0.15) is 30.9 Å². The lowest BCUT2D eigenvalue weighted by molar-refractivity contribution is -0.253. The minimum atomic E-state index is -4.47. The zero-order chi connectivity index (χ0) is 14.0. The number of halogens is 4. The smallest absolute Gasteiger partial charge is 0.428 e. The van der Waals surface area contributed by atoms with Crippen molar-refractivity contribution in [2.75, 3.05) is 0 Å². The number of ether oxygens (including phenoxy) is 1. The molecule has 0 amide bonds. The fraction of sp³-hybridized carbons (Fsp3) is 0.538. The van der Waals surface area contributed by atoms with Crippen LogP contribution in [0, 0.1) is 5.92 Å². The Morgan fingerprint density at radius 2 is 1.74 bits per heavy atom. The molecule has 19 heavy (non-hydrogen) atoms. The van der Waals surface area contributed by atoms with E-state index < -0.39 is 12.5 Å². The third kappa shape index (κ3) is 3.18. The van der Waals surface area contributed by atoms with Crippen LogP contribution in [0.5, 0.6) is 5.75 Å². The molecule has 0 aromatic heterocycles. The Labute approximate surface area is 108 Å². The summed E-state index contributed by atoms with van der Waals surface area (Å²) in [6.45, 7) is 0. The van der Waals surface area contributed by atoms with Crippen molar-refractivity contribution in [3.05, 3.63) is 29.8 Å². The van der Waals surface area contributed by atoms with E-state index in [0.29, 0.717) is 5.92 Å². The van der Waals surface area contributed by atoms with Gasteiger partial charge in [-0.3, -0.25) is 0 Å². The van der Waals surface area contributed by atoms with Crippen molar-refractivity contribution in [3.63, 3.8) is 0 Å². The number of hydrogen-bond donors (Lipinski definition) is 1. The van der Waals surface area contributed by atoms with Crippen LogP contribution in [0.2, 0.25) is 0 Å². The highest BCUT2D eigenvalue weighted by atomic mass is 19.3. The van der Waals surface area contributed by atoms with Crippen LogP contribution in [0.4, 0.5) is 17.6 Å². The lowest BCUT2D eigenvalue weighted by Gasteiger charge is -2.31. The fourth-order valence-electron chi connectivity index (χ4n) is 2.03. The first-order valence-corrected chi connectivity index (χ1v) is 6.10. The Bertz CT molecular complexity index is 417. The predicted octanol–water partition coefficient (Wildman–Crippen LogP) is 3.72. The molecule has 1 aromatic rings. The number of alkyl halides is 4. The molecule has 2 N–H and O–H groups in total. The van der Waals surface area contributed by atoms with Crippen molar-refractivity contribution in [1.29, 1.82) is 0 Å². The van der Waals surface area contributed by atoms with Gasteiger partial charge in [-0.15, -0.1) is 0 Å². The molecule has 0 unspecified atom stereocenters. The number of benzene rings is 1. The van der Waals surface area contributed by atoms with Crippen molar-refractivity contribution in [1.82, 2.24) is 0 Å². The quantitative estimate of drug-likeness (QED) is 0.832. The largest absolute Gasteiger partial charge is 0.461 e. The van der Waals surface area contributed by atoms with E-state index in [-0.39, 0.29) is 11.8 Å². The zero-order valence-electron chi connectivity index (χ0n) is 10.2. The molecule has 1 saturated carbocycles. The predicted molar refractivity (Wildman–Crippen MR) is 62.3 cm³/mol. The van der Waals surface area contributed by atoms with Gasteiger partial charge in [-0.25, -0.2) is 0 Å². The summed E-state index contributed by atoms with van der Waals surface area (Å²) in [5.74, 6) is 0.115. The fourth-order valence-corrected chi connectivity index (χ4v) is 2.03. The minimum absolute atomic E-state index is 0.140. The van der Waals surface area contributed by atoms with E-state index in [1.54, 1.807) is 12.1 Å². The van der Waals surface area contributed by atoms with Gasteiger partial charge in [0.1, 0.15) is 5.75 Å². The minimum Gasteiger partial charge on any atom is -0.428 e. The maximum Gasteiger partial charge on any atom is 0.461 e. The summed E-state index contributed by atoms with van der Waals surface area (Å²) in [5, 5.41) is 0. The second-order valence-electron chi connectivity index (χ2n) is 4.75. The Morgan fingerprint density at radius 1 is 1.16 bits per heavy atom. The molecular formula is C13H15F4NO. The van der Waals surface area contributed by atoms with Crippen molar-refractivity contribution < 1.29 is 22.3 Å². The molecule has 2 rings (SSSR count). The van der Waals surface area contributed by atoms with E-state index in [1.165, 1.54) is 12.1 Å². The number of rotatable bonds is 5. The summed E-state index contributed by atoms with van der Waals surface area (Å²) in [7, 11) is 0. The van der Waals surface area contributed by atoms with E-state index in [1.807, 2.05) is 0 Å². The third-order valence-electron chi connectivity index (χ3n) is 3.43. The Morgan fingerprint density at radius 3 is 2.16 bits per heavy atom. The molecule has 1 aliphatic carbocycles. The van der Waals surface area contributed by atoms with E-state index in [9.17, 15) is 17.6 Å². The molecule has 1 aliphatic rings. The van der Waals surface area contributed by atoms with Gasteiger partial charge in [-0.1, -0.05) is 18.6 Å². The zero-order valence-corrected chi connectivity index (χ0v) is 10.2. The highest BCUT2D eigenvalue weighted by Crippen LogP contribution is 2.36. The summed E-state index contributed by atoms with van der Waals surface area (Å²) in [4.78, 5) is 0. The molecule has 1 atom stereocenters. The van der Waals surface area contributed by atoms with Gasteiger partial charge in [0.2, 0.25) is 0 Å². The molecular weight excluding hydrogens is 262 g/mol. The third-order valence-corrected chi connectivity index (χ3v) is 3.43. The van der Waals surface area contributed by atoms with Gasteiger partial charge < -0.3 is 10.5 Å². The van der Waals surface area contributed by atoms with Crippen molar-refractivity contribution >= 4 is 0 Å². The molecule has 1 aromatic carbocycles. The van der Waals surface area contributed by atoms with Crippen LogP contribution in [0.15, 0.2) is 24.3 Å². The summed E-state index contributed by atoms with van der Waals surface area (Å²) >= 11 is 0. The van der Waals surface area contributed by atoms with Gasteiger partial charge in [0.05, 0.1) is 0 Å². The molecule has 6 heteroatoms. The average Bonchev–Trinajstić information content (AvgIpc) is 2.26. The molecule has 1 fully saturated rings. The van der Waals surface area contributed by atoms with E-state index in [0.717, 1.165) is 24.8 Å². The highest BCUT2D eigenvalue weighted by molar-refractivity contribution is 5.29. The lowest BCUT2D eigenvalue weighted by atomic mass is 9.78. The summed E-state index contributed by atoms with van der Waals surface area (Å²) in [6, 6.07) is 5.42. The van der Waals surface area contributed by atoms with E-state index >= 15 is 0 Å². The van der Waals surface area contributed by atoms with Crippen molar-refractivity contribution in [2.45, 2.75) is 37.8 Å². The monoisotopic (exact) mass is 277 g/mol. The van der Waals surface area contributed by atoms with E-state index in [4.69, 9.17) is 5.73 Å². The standard InChI is InChI=1S/C13H15F4NO/c14-12(15)13(16,17)19-10-6-4-9(5-7-10)11(18)8-2-1-3-8/h4-8,11-12H,1-3,18H2/t11-/m0/s1. The molecule has 0 bridgehead atoms. The Kier molecular flexibility index (Phi) is 3.99. The van der Waals surface area contributed by atoms with Crippen LogP contribution in [-0.4, -0.2) is 12.5 Å². The maximum atomic E-state index is 12.7. The maximum absolute atomic E-state index is 12.7. The van der Waals surface area contributed by atoms with Crippen LogP contribution < -0.4 is 10.5 Å². The van der Waals surface area contributed by atoms with Crippen LogP contribution in [0.3, 0.4) is 0 Å². The number of nitrogens with two attached hydrogens (primary N) is 1. The molecule has 0 radical (unpaired) electrons. The van der Waals surface area contributed by atoms with Gasteiger partial charge in [0.25, 0.3) is 0 Å². The first-order valence-electron chi connectivity index (χ1n) is 6.10. The molecule has 0 aliphatic heterocycles. The lowest BCUT2D eigenvalue weighted by Crippen LogP contribution is -2.33. The molecule has 0 saturated heterocycles. The van der Waals surface area contributed by atoms with Crippen molar-refractivity contribution in [2.24, 2.45) is 11.7 Å². The average molecular weight is 277 g/mol. The topological polar surface area (TPSA) is 35.2 Å². The second kappa shape index (κ2) is 5.36. The summed E-state index contributed by atoms with van der Waals surface area (Å²) in [5.41, 5.74) is 6.82. The first-order chi connectivity index (χ1) is 8.90. The van der Waals surface area contributed by atoms with Crippen LogP contribution in [-0.2, 0) is 0 Å². The normalized spacial score (nSPS) is 18.2. The van der Waals surface area contributed by atoms with Gasteiger partial charge in [-0.2, -0.15) is 17.6 Å². The molecule has 0 spiro atoms. The van der Waals surface area contributed by atoms with Gasteiger partial charge in [0.15, 0.2) is 0 Å². The second-order valence-corrected chi connectivity index (χ2v) is 4.75. The Balaban J connectivity index is 2.02. The molecule has 106 valence electrons. The Hall–Kier alpha value is -1.30. The van der Waals surface area contributed by atoms with Gasteiger partial charge in [-0.05, 0) is 36.5 Å². The first kappa shape index (κ1) is 14.1. The summed E-state index contributed by atoms with van der Waals surface area (Å²) in [6.07, 6.45) is -5.06. The molecule has 0 heterocycles. The summed E-state index contributed by atoms with van der Waals surface area (Å²) < 4.78 is 53.3. The van der Waals surface area contributed by atoms with Gasteiger partial charge in [0, 0.05) is 6.04 Å². The van der Waals surface area contributed by atoms with E-state index in [2.05, 4.69) is 4.74 Å². The van der Waals surface area contributed by atoms with Crippen LogP contribution >= 0.6 is 0 Å². The van der Waals surface area contributed by atoms with Crippen molar-refractivity contribution in [3.8, 4) is 5.75 Å². The number of hydrogen-bond acceptors (Lipinski definition) is 2. The van der Waals surface area contributed by atoms with Gasteiger partial charge >= 0.3 is 12.5 Å².